The number of hydrogen-bond acceptors (Lipinski definition) is 3. The standard InChI is InChI=1S/C10H13N3O/c1-13(2)10(8-11-14)12-9-6-4-3-5-7-9/h3-7H,8H2,1-2H3. The number of likely N-dealkylation sites (N-methyl/N-ethyl adjacent to an activating group) is 1. The minimum Gasteiger partial charge on any atom is -0.365 e. The first-order chi connectivity index (χ1) is 6.74. The molecular weight excluding hydrogens is 178 g/mol. The van der Waals surface area contributed by atoms with E-state index in [0.29, 0.717) is 5.84 Å². The van der Waals surface area contributed by atoms with Crippen LogP contribution in [0, 0.1) is 4.91 Å². The molecule has 0 aliphatic rings. The van der Waals surface area contributed by atoms with Crippen LogP contribution in [0.5, 0.6) is 0 Å². The molecule has 0 aliphatic heterocycles. The Labute approximate surface area is 83.2 Å². The molecule has 0 bridgehead atoms. The predicted octanol–water partition coefficient (Wildman–Crippen LogP) is 2.04. The summed E-state index contributed by atoms with van der Waals surface area (Å²) < 4.78 is 0. The third-order valence-corrected chi connectivity index (χ3v) is 1.74. The van der Waals surface area contributed by atoms with Gasteiger partial charge < -0.3 is 4.90 Å². The van der Waals surface area contributed by atoms with Gasteiger partial charge in [-0.05, 0) is 12.1 Å². The van der Waals surface area contributed by atoms with Crippen molar-refractivity contribution < 1.29 is 0 Å². The van der Waals surface area contributed by atoms with Crippen LogP contribution in [0.4, 0.5) is 5.69 Å². The van der Waals surface area contributed by atoms with Crippen LogP contribution < -0.4 is 0 Å². The lowest BCUT2D eigenvalue weighted by molar-refractivity contribution is 0.612. The molecule has 1 aromatic rings. The number of para-hydroxylation sites is 1. The van der Waals surface area contributed by atoms with Crippen molar-refractivity contribution in [3.8, 4) is 0 Å². The van der Waals surface area contributed by atoms with E-state index in [0.717, 1.165) is 5.69 Å². The first-order valence-electron chi connectivity index (χ1n) is 4.33. The number of rotatable bonds is 3. The van der Waals surface area contributed by atoms with Gasteiger partial charge >= 0.3 is 0 Å². The van der Waals surface area contributed by atoms with Crippen molar-refractivity contribution in [1.29, 1.82) is 0 Å². The second kappa shape index (κ2) is 5.11. The first-order valence-corrected chi connectivity index (χ1v) is 4.33. The van der Waals surface area contributed by atoms with Gasteiger partial charge in [-0.2, -0.15) is 4.91 Å². The molecule has 1 aromatic carbocycles. The van der Waals surface area contributed by atoms with Gasteiger partial charge in [0.1, 0.15) is 12.4 Å². The van der Waals surface area contributed by atoms with Crippen molar-refractivity contribution in [2.45, 2.75) is 0 Å². The number of nitroso groups, excluding NO2 is 1. The number of benzene rings is 1. The molecule has 4 heteroatoms. The normalized spacial score (nSPS) is 11.1. The molecule has 74 valence electrons. The van der Waals surface area contributed by atoms with Gasteiger partial charge in [-0.25, -0.2) is 4.99 Å². The SMILES string of the molecule is CN(C)C(CN=O)=Nc1ccccc1. The highest BCUT2D eigenvalue weighted by molar-refractivity contribution is 5.86. The van der Waals surface area contributed by atoms with E-state index < -0.39 is 0 Å². The molecule has 0 saturated heterocycles. The summed E-state index contributed by atoms with van der Waals surface area (Å²) >= 11 is 0. The molecule has 0 amide bonds. The quantitative estimate of drug-likeness (QED) is 0.417. The van der Waals surface area contributed by atoms with Gasteiger partial charge in [-0.1, -0.05) is 23.4 Å². The maximum atomic E-state index is 10.2. The Morgan fingerprint density at radius 3 is 2.43 bits per heavy atom. The molecule has 14 heavy (non-hydrogen) atoms. The average Bonchev–Trinajstić information content (AvgIpc) is 2.18. The molecular formula is C10H13N3O. The van der Waals surface area contributed by atoms with Crippen molar-refractivity contribution in [2.75, 3.05) is 20.6 Å². The Morgan fingerprint density at radius 1 is 1.29 bits per heavy atom. The van der Waals surface area contributed by atoms with E-state index in [1.54, 1.807) is 4.90 Å². The molecule has 1 rings (SSSR count). The summed E-state index contributed by atoms with van der Waals surface area (Å²) in [4.78, 5) is 16.2. The summed E-state index contributed by atoms with van der Waals surface area (Å²) in [6.07, 6.45) is 0. The van der Waals surface area contributed by atoms with Crippen LogP contribution in [0.3, 0.4) is 0 Å². The van der Waals surface area contributed by atoms with E-state index >= 15 is 0 Å². The topological polar surface area (TPSA) is 45.0 Å². The summed E-state index contributed by atoms with van der Waals surface area (Å²) in [5.74, 6) is 0.659. The second-order valence-electron chi connectivity index (χ2n) is 3.05. The fourth-order valence-electron chi connectivity index (χ4n) is 0.986. The number of hydrogen-bond donors (Lipinski definition) is 0. The number of amidine groups is 1. The molecule has 0 atom stereocenters. The van der Waals surface area contributed by atoms with Crippen LogP contribution >= 0.6 is 0 Å². The Kier molecular flexibility index (Phi) is 3.79. The van der Waals surface area contributed by atoms with Crippen molar-refractivity contribution in [3.05, 3.63) is 35.2 Å². The minimum absolute atomic E-state index is 0.0991. The Balaban J connectivity index is 2.87. The summed E-state index contributed by atoms with van der Waals surface area (Å²) in [6.45, 7) is 0.0991. The third-order valence-electron chi connectivity index (χ3n) is 1.74. The molecule has 0 N–H and O–H groups in total. The predicted molar refractivity (Wildman–Crippen MR) is 57.9 cm³/mol. The van der Waals surface area contributed by atoms with Crippen molar-refractivity contribution >= 4 is 11.5 Å². The lowest BCUT2D eigenvalue weighted by atomic mass is 10.3. The molecule has 0 fully saturated rings. The van der Waals surface area contributed by atoms with Crippen molar-refractivity contribution in [3.63, 3.8) is 0 Å². The van der Waals surface area contributed by atoms with Gasteiger partial charge in [0.25, 0.3) is 0 Å². The van der Waals surface area contributed by atoms with Crippen LogP contribution in [0.1, 0.15) is 0 Å². The zero-order valence-electron chi connectivity index (χ0n) is 8.34. The summed E-state index contributed by atoms with van der Waals surface area (Å²) in [5, 5.41) is 2.83. The number of nitrogens with zero attached hydrogens (tertiary/aromatic N) is 3. The Bertz CT molecular complexity index is 319. The molecule has 4 nitrogen and oxygen atoms in total. The molecule has 0 radical (unpaired) electrons. The highest BCUT2D eigenvalue weighted by Crippen LogP contribution is 2.10. The van der Waals surface area contributed by atoms with Crippen LogP contribution in [0.25, 0.3) is 0 Å². The third kappa shape index (κ3) is 2.97. The van der Waals surface area contributed by atoms with Crippen molar-refractivity contribution in [2.24, 2.45) is 10.2 Å². The zero-order valence-corrected chi connectivity index (χ0v) is 8.34. The second-order valence-corrected chi connectivity index (χ2v) is 3.05. The van der Waals surface area contributed by atoms with Gasteiger partial charge in [-0.15, -0.1) is 0 Å². The van der Waals surface area contributed by atoms with Gasteiger partial charge in [0, 0.05) is 14.1 Å². The van der Waals surface area contributed by atoms with Gasteiger partial charge in [0.2, 0.25) is 0 Å². The molecule has 0 aliphatic carbocycles. The highest BCUT2D eigenvalue weighted by atomic mass is 16.3. The van der Waals surface area contributed by atoms with Gasteiger partial charge in [0.05, 0.1) is 5.69 Å². The van der Waals surface area contributed by atoms with Crippen LogP contribution in [-0.4, -0.2) is 31.4 Å². The van der Waals surface area contributed by atoms with E-state index in [-0.39, 0.29) is 6.54 Å². The van der Waals surface area contributed by atoms with E-state index in [4.69, 9.17) is 0 Å². The monoisotopic (exact) mass is 191 g/mol. The van der Waals surface area contributed by atoms with E-state index in [1.165, 1.54) is 0 Å². The molecule has 0 heterocycles. The largest absolute Gasteiger partial charge is 0.365 e. The summed E-state index contributed by atoms with van der Waals surface area (Å²) in [6, 6.07) is 9.50. The van der Waals surface area contributed by atoms with E-state index in [1.807, 2.05) is 44.4 Å². The van der Waals surface area contributed by atoms with Gasteiger partial charge in [-0.3, -0.25) is 0 Å². The van der Waals surface area contributed by atoms with E-state index in [2.05, 4.69) is 10.2 Å². The lowest BCUT2D eigenvalue weighted by Gasteiger charge is -2.12. The van der Waals surface area contributed by atoms with Crippen molar-refractivity contribution in [1.82, 2.24) is 4.90 Å². The zero-order chi connectivity index (χ0) is 10.4. The highest BCUT2D eigenvalue weighted by Gasteiger charge is 2.01. The fourth-order valence-corrected chi connectivity index (χ4v) is 0.986. The lowest BCUT2D eigenvalue weighted by Crippen LogP contribution is -2.24. The van der Waals surface area contributed by atoms with Crippen LogP contribution in [-0.2, 0) is 0 Å². The Hall–Kier alpha value is -1.71. The minimum atomic E-state index is 0.0991. The molecule has 0 spiro atoms. The first kappa shape index (κ1) is 10.4. The molecule has 0 aromatic heterocycles. The fraction of sp³-hybridized carbons (Fsp3) is 0.300. The smallest absolute Gasteiger partial charge is 0.139 e. The summed E-state index contributed by atoms with van der Waals surface area (Å²) in [5.41, 5.74) is 0.833. The summed E-state index contributed by atoms with van der Waals surface area (Å²) in [7, 11) is 3.68. The number of aliphatic imine (C=N–C) groups is 1. The molecule has 0 saturated carbocycles. The molecule has 0 unspecified atom stereocenters. The van der Waals surface area contributed by atoms with Crippen LogP contribution in [0.15, 0.2) is 40.5 Å². The average molecular weight is 191 g/mol. The van der Waals surface area contributed by atoms with Crippen LogP contribution in [0.2, 0.25) is 0 Å². The maximum Gasteiger partial charge on any atom is 0.139 e. The van der Waals surface area contributed by atoms with Gasteiger partial charge in [0.15, 0.2) is 0 Å². The Morgan fingerprint density at radius 2 is 1.93 bits per heavy atom. The maximum absolute atomic E-state index is 10.2. The van der Waals surface area contributed by atoms with E-state index in [9.17, 15) is 4.91 Å².